The summed E-state index contributed by atoms with van der Waals surface area (Å²) in [6, 6.07) is 10.6. The molecule has 0 amide bonds. The molecule has 666 valence electrons. The molecule has 3 unspecified atom stereocenters. The van der Waals surface area contributed by atoms with Gasteiger partial charge in [0.1, 0.15) is 0 Å². The van der Waals surface area contributed by atoms with Crippen LogP contribution in [0.1, 0.15) is 345 Å². The molecule has 0 saturated carbocycles. The van der Waals surface area contributed by atoms with Gasteiger partial charge in [-0.2, -0.15) is 0 Å². The fraction of sp³-hybridized carbons (Fsp3) is 0.673. The van der Waals surface area contributed by atoms with Gasteiger partial charge >= 0.3 is 0 Å². The summed E-state index contributed by atoms with van der Waals surface area (Å²) in [6.07, 6.45) is 48.7. The average molecular weight is 1660 g/mol. The molecule has 14 heteroatoms. The lowest BCUT2D eigenvalue weighted by Gasteiger charge is -2.37. The van der Waals surface area contributed by atoms with Crippen LogP contribution in [0.2, 0.25) is 0 Å². The molecule has 13 nitrogen and oxygen atoms in total. The van der Waals surface area contributed by atoms with Gasteiger partial charge in [-0.3, -0.25) is 28.8 Å². The van der Waals surface area contributed by atoms with Crippen molar-refractivity contribution >= 4 is 46.5 Å². The fourth-order valence-corrected chi connectivity index (χ4v) is 17.3. The first-order valence-corrected chi connectivity index (χ1v) is 46.1. The Balaban J connectivity index is 0.000000472. The van der Waals surface area contributed by atoms with E-state index in [0.717, 1.165) is 167 Å². The first-order valence-electron chi connectivity index (χ1n) is 45.1. The fourth-order valence-electron chi connectivity index (χ4n) is 16.1. The molecule has 0 heterocycles. The third-order valence-corrected chi connectivity index (χ3v) is 27.4. The molecule has 0 aliphatic heterocycles. The predicted molar refractivity (Wildman–Crippen MR) is 494 cm³/mol. The van der Waals surface area contributed by atoms with E-state index in [2.05, 4.69) is 130 Å². The van der Waals surface area contributed by atoms with Gasteiger partial charge in [-0.05, 0) is 357 Å². The number of allylic oxidation sites excluding steroid dienone is 21. The Morgan fingerprint density at radius 1 is 0.441 bits per heavy atom. The van der Waals surface area contributed by atoms with Crippen LogP contribution in [-0.2, 0) is 28.8 Å². The minimum Gasteiger partial charge on any atom is -0.396 e. The van der Waals surface area contributed by atoms with E-state index in [1.165, 1.54) is 52.9 Å². The van der Waals surface area contributed by atoms with Crippen LogP contribution < -0.4 is 0 Å². The topological polar surface area (TPSA) is 244 Å². The molecule has 1 aromatic carbocycles. The zero-order valence-corrected chi connectivity index (χ0v) is 78.9. The summed E-state index contributed by atoms with van der Waals surface area (Å²) in [5.74, 6) is 5.12. The van der Waals surface area contributed by atoms with Crippen molar-refractivity contribution in [3.63, 3.8) is 0 Å². The number of ketones is 6. The number of aliphatic hydroxyl groups is 7. The number of carbonyl (C=O) groups is 6. The number of hydrogen-bond donors (Lipinski definition) is 7. The minimum absolute atomic E-state index is 0.0584. The van der Waals surface area contributed by atoms with Crippen LogP contribution in [0.3, 0.4) is 0 Å². The molecule has 7 aliphatic rings. The van der Waals surface area contributed by atoms with E-state index in [1.54, 1.807) is 27.7 Å². The third-order valence-electron chi connectivity index (χ3n) is 26.2. The van der Waals surface area contributed by atoms with Crippen molar-refractivity contribution in [1.82, 2.24) is 0 Å². The van der Waals surface area contributed by atoms with Gasteiger partial charge in [0.15, 0.2) is 34.7 Å². The first kappa shape index (κ1) is 109. The Hall–Kier alpha value is -5.55. The van der Waals surface area contributed by atoms with E-state index in [-0.39, 0.29) is 77.3 Å². The van der Waals surface area contributed by atoms with Crippen molar-refractivity contribution in [2.45, 2.75) is 379 Å². The van der Waals surface area contributed by atoms with E-state index < -0.39 is 22.4 Å². The molecule has 0 fully saturated rings. The standard InChI is InChI=1S/2C20H32O2.C18H24OS.C15H26O2.C11H18O2.C10H18O2.C10H16O2/c2*1-15(2)8-6-9-16(3)10-7-13-20(5,22)18-12-11-17(4)19(21)14-18;1-3-7-16(13-20-17-8-5-4-6-9-17)15-11-10-14(2)18(19)12-15;1-4-5-6-9-15(3,11-16)13-8-7-12(2)14(17)10-13;1-3-9(7-12)10-5-4-8(2)11(13)6-10;2*1-7-4-5-8(6-9(7)11)10(2,3)12/h2*8,10-11,18,22H,6-7,9,12-14H2,1-5H3;4-6,8-10,15-16H,3,7,11-13H2,1-2H3;7,13,16H,4-6,8-11H2,1-3H3;4,9-10,12H,3,5-7H2,1-2H3;4,8-9,11-12H,5-6H2,1-3H3;4,8,12H,5-6H2,1-3H3/b2*16-10+;;;;;/t18-,20+;18-,20-;15-,16?;13-,15?;9?,10-;8-,9+;8-/m1111111/s1. The summed E-state index contributed by atoms with van der Waals surface area (Å²) in [5, 5.41) is 69.0. The lowest BCUT2D eigenvalue weighted by atomic mass is 9.68. The zero-order chi connectivity index (χ0) is 89.3. The van der Waals surface area contributed by atoms with Gasteiger partial charge in [-0.1, -0.05) is 167 Å². The largest absolute Gasteiger partial charge is 0.396 e. The van der Waals surface area contributed by atoms with Gasteiger partial charge in [0.05, 0.1) is 28.5 Å². The molecular formula is C104H166O13S. The first-order chi connectivity index (χ1) is 55.2. The van der Waals surface area contributed by atoms with E-state index >= 15 is 0 Å². The van der Waals surface area contributed by atoms with Gasteiger partial charge < -0.3 is 35.7 Å². The second-order valence-corrected chi connectivity index (χ2v) is 39.2. The second-order valence-electron chi connectivity index (χ2n) is 38.1. The second kappa shape index (κ2) is 54.8. The monoisotopic (exact) mass is 1660 g/mol. The molecule has 8 rings (SSSR count). The molecule has 118 heavy (non-hydrogen) atoms. The van der Waals surface area contributed by atoms with Crippen LogP contribution in [-0.4, -0.2) is 118 Å². The Labute approximate surface area is 721 Å². The third kappa shape index (κ3) is 41.5. The van der Waals surface area contributed by atoms with Crippen molar-refractivity contribution in [2.75, 3.05) is 19.0 Å². The summed E-state index contributed by atoms with van der Waals surface area (Å²) in [4.78, 5) is 71.3. The van der Waals surface area contributed by atoms with Crippen molar-refractivity contribution < 1.29 is 64.5 Å². The van der Waals surface area contributed by atoms with Gasteiger partial charge in [0.2, 0.25) is 0 Å². The number of thioether (sulfide) groups is 1. The highest BCUT2D eigenvalue weighted by atomic mass is 32.2. The van der Waals surface area contributed by atoms with Crippen LogP contribution in [0, 0.1) is 58.7 Å². The quantitative estimate of drug-likeness (QED) is 0.0208. The number of hydrogen-bond acceptors (Lipinski definition) is 14. The molecule has 1 aromatic rings. The van der Waals surface area contributed by atoms with Crippen LogP contribution in [0.15, 0.2) is 163 Å². The highest BCUT2D eigenvalue weighted by Crippen LogP contribution is 2.42. The van der Waals surface area contributed by atoms with Gasteiger partial charge in [0.25, 0.3) is 0 Å². The smallest absolute Gasteiger partial charge is 0.158 e. The molecular weight excluding hydrogens is 1490 g/mol. The highest BCUT2D eigenvalue weighted by Gasteiger charge is 2.39. The lowest BCUT2D eigenvalue weighted by Crippen LogP contribution is -2.37. The SMILES string of the molecule is CC(C)=CCC/C(C)=C/CC[C@@](C)(O)[C@@H]1CC=C(C)C(=O)C1.CC(C)=CCC/C(C)=C/CC[C@](C)(O)[C@@H]1CC=C(C)C(=O)C1.CC1=CC[C@@H](C(C)(C)O)CC1=O.CC1=CC[C@@H](C(C)(C)O)C[C@@H]1O.CCC(CO)[C@@H]1CC=C(C)C(=O)C1.CCCC(CSc1ccccc1)[C@@H]1CC=C(C)C(=O)C1.CCCCCC(C)(CO)[C@@H]1CC=C(C)C(=O)C1. The minimum atomic E-state index is -0.760. The van der Waals surface area contributed by atoms with E-state index in [1.807, 2.05) is 111 Å². The molecule has 0 saturated heterocycles. The maximum Gasteiger partial charge on any atom is 0.158 e. The molecule has 0 bridgehead atoms. The maximum absolute atomic E-state index is 11.9. The molecule has 0 radical (unpaired) electrons. The van der Waals surface area contributed by atoms with Crippen molar-refractivity contribution in [2.24, 2.45) is 58.7 Å². The highest BCUT2D eigenvalue weighted by molar-refractivity contribution is 7.99. The summed E-state index contributed by atoms with van der Waals surface area (Å²) < 4.78 is 0. The van der Waals surface area contributed by atoms with Gasteiger partial charge in [0, 0.05) is 62.4 Å². The van der Waals surface area contributed by atoms with Gasteiger partial charge in [-0.15, -0.1) is 11.8 Å². The molecule has 7 N–H and O–H groups in total. The van der Waals surface area contributed by atoms with E-state index in [4.69, 9.17) is 5.11 Å². The zero-order valence-electron chi connectivity index (χ0n) is 78.1. The van der Waals surface area contributed by atoms with Gasteiger partial charge in [-0.25, -0.2) is 0 Å². The summed E-state index contributed by atoms with van der Waals surface area (Å²) in [7, 11) is 0. The van der Waals surface area contributed by atoms with E-state index in [9.17, 15) is 59.4 Å². The lowest BCUT2D eigenvalue weighted by molar-refractivity contribution is -0.120. The Kier molecular flexibility index (Phi) is 50.4. The summed E-state index contributed by atoms with van der Waals surface area (Å²) >= 11 is 1.93. The Bertz CT molecular complexity index is 3540. The number of carbonyl (C=O) groups excluding carboxylic acids is 6. The molecule has 0 aromatic heterocycles. The number of aliphatic hydroxyl groups excluding tert-OH is 3. The van der Waals surface area contributed by atoms with E-state index in [0.29, 0.717) is 73.9 Å². The number of Topliss-reactive ketones (excluding diaryl/α,β-unsaturated/α-hetero) is 6. The molecule has 0 spiro atoms. The Morgan fingerprint density at radius 3 is 1.17 bits per heavy atom. The number of rotatable bonds is 31. The predicted octanol–water partition coefficient (Wildman–Crippen LogP) is 24.0. The van der Waals surface area contributed by atoms with Crippen molar-refractivity contribution in [3.8, 4) is 0 Å². The normalized spacial score (nSPS) is 23.9. The molecule has 13 atom stereocenters. The maximum atomic E-state index is 11.9. The van der Waals surface area contributed by atoms with Crippen LogP contribution in [0.4, 0.5) is 0 Å². The number of unbranched alkanes of at least 4 members (excludes halogenated alkanes) is 2. The van der Waals surface area contributed by atoms with Crippen LogP contribution in [0.25, 0.3) is 0 Å². The van der Waals surface area contributed by atoms with Crippen LogP contribution >= 0.6 is 11.8 Å². The van der Waals surface area contributed by atoms with Crippen molar-refractivity contribution in [3.05, 3.63) is 158 Å². The summed E-state index contributed by atoms with van der Waals surface area (Å²) in [6.45, 7) is 46.0. The summed E-state index contributed by atoms with van der Waals surface area (Å²) in [5.41, 5.74) is 8.82. The molecule has 7 aliphatic carbocycles. The average Bonchev–Trinajstić information content (AvgIpc) is 0.833. The van der Waals surface area contributed by atoms with Crippen molar-refractivity contribution in [1.29, 1.82) is 0 Å². The van der Waals surface area contributed by atoms with Crippen LogP contribution in [0.5, 0.6) is 0 Å². The number of benzene rings is 1. The Morgan fingerprint density at radius 2 is 0.814 bits per heavy atom.